The van der Waals surface area contributed by atoms with Crippen LogP contribution in [0.25, 0.3) is 0 Å². The van der Waals surface area contributed by atoms with E-state index >= 15 is 0 Å². The van der Waals surface area contributed by atoms with Gasteiger partial charge in [-0.15, -0.1) is 0 Å². The van der Waals surface area contributed by atoms with Crippen LogP contribution in [0, 0.1) is 0 Å². The lowest BCUT2D eigenvalue weighted by molar-refractivity contribution is -0.137. The molecule has 0 fully saturated rings. The zero-order valence-corrected chi connectivity index (χ0v) is 14.3. The zero-order valence-electron chi connectivity index (χ0n) is 14.3. The van der Waals surface area contributed by atoms with Crippen LogP contribution in [0.15, 0.2) is 36.4 Å². The number of alkyl halides is 3. The van der Waals surface area contributed by atoms with E-state index in [9.17, 15) is 18.0 Å². The van der Waals surface area contributed by atoms with Crippen molar-refractivity contribution in [1.29, 1.82) is 0 Å². The Morgan fingerprint density at radius 3 is 2.73 bits per heavy atom. The number of amides is 1. The molecular weight excluding hydrogens is 347 g/mol. The molecule has 0 saturated carbocycles. The minimum absolute atomic E-state index is 0.00335. The van der Waals surface area contributed by atoms with Crippen molar-refractivity contribution in [2.45, 2.75) is 32.5 Å². The number of hydrogen-bond acceptors (Lipinski definition) is 3. The van der Waals surface area contributed by atoms with Gasteiger partial charge in [0.1, 0.15) is 17.6 Å². The van der Waals surface area contributed by atoms with Gasteiger partial charge in [-0.3, -0.25) is 4.79 Å². The maximum absolute atomic E-state index is 13.1. The number of rotatable bonds is 4. The van der Waals surface area contributed by atoms with Gasteiger partial charge in [-0.05, 0) is 32.0 Å². The van der Waals surface area contributed by atoms with E-state index in [2.05, 4.69) is 5.32 Å². The minimum atomic E-state index is -4.62. The molecule has 7 heteroatoms. The van der Waals surface area contributed by atoms with Crippen LogP contribution in [-0.4, -0.2) is 18.6 Å². The van der Waals surface area contributed by atoms with Gasteiger partial charge in [-0.2, -0.15) is 13.2 Å². The molecule has 0 spiro atoms. The molecule has 1 unspecified atom stereocenters. The van der Waals surface area contributed by atoms with Crippen LogP contribution >= 0.6 is 0 Å². The molecule has 1 atom stereocenters. The molecule has 26 heavy (non-hydrogen) atoms. The summed E-state index contributed by atoms with van der Waals surface area (Å²) in [5.41, 5.74) is -0.213. The van der Waals surface area contributed by atoms with Crippen LogP contribution in [0.3, 0.4) is 0 Å². The molecule has 1 aliphatic heterocycles. The van der Waals surface area contributed by atoms with Gasteiger partial charge in [-0.25, -0.2) is 0 Å². The molecule has 0 aromatic heterocycles. The normalized spacial score (nSPS) is 16.0. The molecule has 3 rings (SSSR count). The van der Waals surface area contributed by atoms with E-state index < -0.39 is 23.2 Å². The standard InChI is InChI=1S/C19H18F3NO3/c1-3-25-17-9-12-8-11(2)26-16(12)10-15(17)23-18(24)13-6-4-5-7-14(13)19(20,21)22/h4-7,9-11H,3,8H2,1-2H3,(H,23,24). The summed E-state index contributed by atoms with van der Waals surface area (Å²) < 4.78 is 50.6. The number of halogens is 3. The summed E-state index contributed by atoms with van der Waals surface area (Å²) in [7, 11) is 0. The summed E-state index contributed by atoms with van der Waals surface area (Å²) in [6.07, 6.45) is -3.91. The Morgan fingerprint density at radius 2 is 2.04 bits per heavy atom. The molecular formula is C19H18F3NO3. The minimum Gasteiger partial charge on any atom is -0.492 e. The lowest BCUT2D eigenvalue weighted by Crippen LogP contribution is -2.19. The Morgan fingerprint density at radius 1 is 1.31 bits per heavy atom. The third-order valence-corrected chi connectivity index (χ3v) is 4.02. The van der Waals surface area contributed by atoms with Gasteiger partial charge in [-0.1, -0.05) is 12.1 Å². The van der Waals surface area contributed by atoms with E-state index in [-0.39, 0.29) is 11.8 Å². The lowest BCUT2D eigenvalue weighted by atomic mass is 10.1. The van der Waals surface area contributed by atoms with E-state index in [0.29, 0.717) is 24.5 Å². The van der Waals surface area contributed by atoms with Crippen molar-refractivity contribution in [3.05, 3.63) is 53.1 Å². The number of benzene rings is 2. The number of carbonyl (C=O) groups excluding carboxylic acids is 1. The van der Waals surface area contributed by atoms with Gasteiger partial charge in [0, 0.05) is 18.1 Å². The highest BCUT2D eigenvalue weighted by molar-refractivity contribution is 6.06. The van der Waals surface area contributed by atoms with Gasteiger partial charge < -0.3 is 14.8 Å². The molecule has 0 aliphatic carbocycles. The molecule has 1 amide bonds. The topological polar surface area (TPSA) is 47.6 Å². The lowest BCUT2D eigenvalue weighted by Gasteiger charge is -2.16. The van der Waals surface area contributed by atoms with Crippen LogP contribution < -0.4 is 14.8 Å². The second-order valence-corrected chi connectivity index (χ2v) is 6.02. The van der Waals surface area contributed by atoms with Gasteiger partial charge in [0.25, 0.3) is 5.91 Å². The van der Waals surface area contributed by atoms with E-state index in [1.54, 1.807) is 19.1 Å². The molecule has 138 valence electrons. The third-order valence-electron chi connectivity index (χ3n) is 4.02. The fourth-order valence-corrected chi connectivity index (χ4v) is 2.93. The molecule has 0 saturated heterocycles. The van der Waals surface area contributed by atoms with Crippen molar-refractivity contribution in [3.8, 4) is 11.5 Å². The first kappa shape index (κ1) is 18.1. The summed E-state index contributed by atoms with van der Waals surface area (Å²) in [6.45, 7) is 4.06. The quantitative estimate of drug-likeness (QED) is 0.856. The third kappa shape index (κ3) is 3.61. The Hall–Kier alpha value is -2.70. The average molecular weight is 365 g/mol. The van der Waals surface area contributed by atoms with Crippen molar-refractivity contribution >= 4 is 11.6 Å². The highest BCUT2D eigenvalue weighted by Crippen LogP contribution is 2.39. The zero-order chi connectivity index (χ0) is 18.9. The monoisotopic (exact) mass is 365 g/mol. The Bertz CT molecular complexity index is 833. The number of nitrogens with one attached hydrogen (secondary N) is 1. The van der Waals surface area contributed by atoms with Crippen molar-refractivity contribution in [3.63, 3.8) is 0 Å². The largest absolute Gasteiger partial charge is 0.492 e. The molecule has 1 N–H and O–H groups in total. The van der Waals surface area contributed by atoms with E-state index in [4.69, 9.17) is 9.47 Å². The van der Waals surface area contributed by atoms with Gasteiger partial charge in [0.2, 0.25) is 0 Å². The van der Waals surface area contributed by atoms with E-state index in [0.717, 1.165) is 17.7 Å². The molecule has 0 radical (unpaired) electrons. The summed E-state index contributed by atoms with van der Waals surface area (Å²) in [6, 6.07) is 8.01. The van der Waals surface area contributed by atoms with Gasteiger partial charge in [0.15, 0.2) is 0 Å². The Balaban J connectivity index is 1.94. The first-order chi connectivity index (χ1) is 12.3. The summed E-state index contributed by atoms with van der Waals surface area (Å²) in [5, 5.41) is 2.52. The van der Waals surface area contributed by atoms with Crippen molar-refractivity contribution in [1.82, 2.24) is 0 Å². The second kappa shape index (κ2) is 6.90. The average Bonchev–Trinajstić information content (AvgIpc) is 2.93. The number of fused-ring (bicyclic) bond motifs is 1. The van der Waals surface area contributed by atoms with Crippen molar-refractivity contribution in [2.75, 3.05) is 11.9 Å². The van der Waals surface area contributed by atoms with Crippen molar-refractivity contribution < 1.29 is 27.4 Å². The van der Waals surface area contributed by atoms with Crippen LogP contribution in [0.1, 0.15) is 35.3 Å². The maximum atomic E-state index is 13.1. The van der Waals surface area contributed by atoms with Crippen molar-refractivity contribution in [2.24, 2.45) is 0 Å². The molecule has 1 aliphatic rings. The second-order valence-electron chi connectivity index (χ2n) is 6.02. The highest BCUT2D eigenvalue weighted by atomic mass is 19.4. The summed E-state index contributed by atoms with van der Waals surface area (Å²) in [5.74, 6) is 0.145. The Kier molecular flexibility index (Phi) is 4.80. The number of anilines is 1. The van der Waals surface area contributed by atoms with Crippen LogP contribution in [0.5, 0.6) is 11.5 Å². The van der Waals surface area contributed by atoms with Gasteiger partial charge >= 0.3 is 6.18 Å². The van der Waals surface area contributed by atoms with E-state index in [1.165, 1.54) is 12.1 Å². The van der Waals surface area contributed by atoms with Crippen LogP contribution in [0.2, 0.25) is 0 Å². The molecule has 2 aromatic rings. The maximum Gasteiger partial charge on any atom is 0.417 e. The van der Waals surface area contributed by atoms with Crippen LogP contribution in [0.4, 0.5) is 18.9 Å². The van der Waals surface area contributed by atoms with Crippen LogP contribution in [-0.2, 0) is 12.6 Å². The first-order valence-electron chi connectivity index (χ1n) is 8.23. The summed E-state index contributed by atoms with van der Waals surface area (Å²) >= 11 is 0. The van der Waals surface area contributed by atoms with E-state index in [1.807, 2.05) is 6.92 Å². The number of ether oxygens (including phenoxy) is 2. The molecule has 4 nitrogen and oxygen atoms in total. The summed E-state index contributed by atoms with van der Waals surface area (Å²) in [4.78, 5) is 12.5. The van der Waals surface area contributed by atoms with Gasteiger partial charge in [0.05, 0.1) is 23.4 Å². The molecule has 0 bridgehead atoms. The predicted molar refractivity (Wildman–Crippen MR) is 90.8 cm³/mol. The predicted octanol–water partition coefficient (Wildman–Crippen LogP) is 4.68. The smallest absolute Gasteiger partial charge is 0.417 e. The number of hydrogen-bond donors (Lipinski definition) is 1. The highest BCUT2D eigenvalue weighted by Gasteiger charge is 2.35. The fraction of sp³-hybridized carbons (Fsp3) is 0.316. The fourth-order valence-electron chi connectivity index (χ4n) is 2.93. The first-order valence-corrected chi connectivity index (χ1v) is 8.23. The molecule has 1 heterocycles. The molecule has 2 aromatic carbocycles. The SMILES string of the molecule is CCOc1cc2c(cc1NC(=O)c1ccccc1C(F)(F)F)OC(C)C2. The Labute approximate surface area is 148 Å². The number of carbonyl (C=O) groups is 1.